The van der Waals surface area contributed by atoms with Gasteiger partial charge in [-0.25, -0.2) is 4.98 Å². The summed E-state index contributed by atoms with van der Waals surface area (Å²) in [6.45, 7) is 5.21. The summed E-state index contributed by atoms with van der Waals surface area (Å²) < 4.78 is 0. The van der Waals surface area contributed by atoms with Crippen LogP contribution in [0.2, 0.25) is 0 Å². The topological polar surface area (TPSA) is 48.4 Å². The van der Waals surface area contributed by atoms with Crippen LogP contribution in [0.25, 0.3) is 0 Å². The van der Waals surface area contributed by atoms with Crippen molar-refractivity contribution in [3.63, 3.8) is 0 Å². The largest absolute Gasteiger partial charge is 0.396 e. The molecule has 0 atom stereocenters. The van der Waals surface area contributed by atoms with Crippen molar-refractivity contribution in [2.75, 3.05) is 29.9 Å². The molecule has 0 aliphatic carbocycles. The van der Waals surface area contributed by atoms with Crippen LogP contribution in [-0.2, 0) is 6.54 Å². The first kappa shape index (κ1) is 15.8. The Bertz CT molecular complexity index is 619. The summed E-state index contributed by atoms with van der Waals surface area (Å²) in [6, 6.07) is 12.7. The molecular weight excluding hydrogens is 286 g/mol. The van der Waals surface area contributed by atoms with Gasteiger partial charge < -0.3 is 15.3 Å². The van der Waals surface area contributed by atoms with E-state index in [9.17, 15) is 5.11 Å². The third-order valence-corrected chi connectivity index (χ3v) is 4.54. The van der Waals surface area contributed by atoms with Gasteiger partial charge in [0.15, 0.2) is 0 Å². The Morgan fingerprint density at radius 2 is 2.04 bits per heavy atom. The highest BCUT2D eigenvalue weighted by Gasteiger charge is 2.18. The molecule has 23 heavy (non-hydrogen) atoms. The second-order valence-corrected chi connectivity index (χ2v) is 6.36. The maximum Gasteiger partial charge on any atom is 0.126 e. The summed E-state index contributed by atoms with van der Waals surface area (Å²) >= 11 is 0. The Kier molecular flexibility index (Phi) is 5.13. The Morgan fingerprint density at radius 1 is 1.22 bits per heavy atom. The minimum atomic E-state index is 0.313. The van der Waals surface area contributed by atoms with Crippen molar-refractivity contribution in [2.24, 2.45) is 5.92 Å². The molecule has 4 nitrogen and oxygen atoms in total. The van der Waals surface area contributed by atoms with Gasteiger partial charge in [-0.3, -0.25) is 0 Å². The molecule has 1 aromatic heterocycles. The van der Waals surface area contributed by atoms with Crippen LogP contribution in [0.5, 0.6) is 0 Å². The van der Waals surface area contributed by atoms with Crippen molar-refractivity contribution in [3.8, 4) is 0 Å². The highest BCUT2D eigenvalue weighted by molar-refractivity contribution is 5.50. The van der Waals surface area contributed by atoms with Crippen LogP contribution >= 0.6 is 0 Å². The SMILES string of the molecule is Cc1cccc(CNc2ccc(N3CCC(CO)CC3)cn2)c1. The summed E-state index contributed by atoms with van der Waals surface area (Å²) in [4.78, 5) is 6.88. The van der Waals surface area contributed by atoms with E-state index in [4.69, 9.17) is 0 Å². The Hall–Kier alpha value is -2.07. The lowest BCUT2D eigenvalue weighted by molar-refractivity contribution is 0.203. The van der Waals surface area contributed by atoms with Gasteiger partial charge in [-0.15, -0.1) is 0 Å². The summed E-state index contributed by atoms with van der Waals surface area (Å²) in [5, 5.41) is 12.6. The minimum absolute atomic E-state index is 0.313. The van der Waals surface area contributed by atoms with Gasteiger partial charge >= 0.3 is 0 Å². The number of hydrogen-bond donors (Lipinski definition) is 2. The van der Waals surface area contributed by atoms with Crippen molar-refractivity contribution in [3.05, 3.63) is 53.7 Å². The van der Waals surface area contributed by atoms with E-state index in [0.29, 0.717) is 12.5 Å². The Morgan fingerprint density at radius 3 is 2.70 bits per heavy atom. The second kappa shape index (κ2) is 7.47. The Balaban J connectivity index is 1.55. The summed E-state index contributed by atoms with van der Waals surface area (Å²) in [5.74, 6) is 1.37. The van der Waals surface area contributed by atoms with Crippen LogP contribution in [0.4, 0.5) is 11.5 Å². The van der Waals surface area contributed by atoms with Crippen molar-refractivity contribution < 1.29 is 5.11 Å². The zero-order chi connectivity index (χ0) is 16.1. The molecule has 0 saturated carbocycles. The van der Waals surface area contributed by atoms with E-state index in [2.05, 4.69) is 52.5 Å². The molecule has 1 fully saturated rings. The molecule has 1 aliphatic heterocycles. The maximum atomic E-state index is 9.22. The lowest BCUT2D eigenvalue weighted by Gasteiger charge is -2.32. The number of aromatic nitrogens is 1. The van der Waals surface area contributed by atoms with E-state index in [0.717, 1.165) is 38.3 Å². The van der Waals surface area contributed by atoms with E-state index in [1.165, 1.54) is 16.8 Å². The van der Waals surface area contributed by atoms with E-state index < -0.39 is 0 Å². The van der Waals surface area contributed by atoms with E-state index in [1.54, 1.807) is 0 Å². The molecule has 3 rings (SSSR count). The number of benzene rings is 1. The van der Waals surface area contributed by atoms with E-state index >= 15 is 0 Å². The van der Waals surface area contributed by atoms with Crippen LogP contribution in [0.3, 0.4) is 0 Å². The number of nitrogens with one attached hydrogen (secondary N) is 1. The van der Waals surface area contributed by atoms with Crippen LogP contribution in [0.15, 0.2) is 42.6 Å². The summed E-state index contributed by atoms with van der Waals surface area (Å²) in [5.41, 5.74) is 3.71. The number of piperidine rings is 1. The van der Waals surface area contributed by atoms with Crippen LogP contribution in [0.1, 0.15) is 24.0 Å². The fraction of sp³-hybridized carbons (Fsp3) is 0.421. The number of rotatable bonds is 5. The molecule has 2 aromatic rings. The number of anilines is 2. The zero-order valence-electron chi connectivity index (χ0n) is 13.7. The lowest BCUT2D eigenvalue weighted by atomic mass is 9.98. The molecule has 122 valence electrons. The molecule has 0 unspecified atom stereocenters. The fourth-order valence-electron chi connectivity index (χ4n) is 3.07. The average Bonchev–Trinajstić information content (AvgIpc) is 2.61. The summed E-state index contributed by atoms with van der Waals surface area (Å²) in [7, 11) is 0. The van der Waals surface area contributed by atoms with Crippen molar-refractivity contribution in [1.82, 2.24) is 4.98 Å². The van der Waals surface area contributed by atoms with Gasteiger partial charge in [-0.1, -0.05) is 29.8 Å². The van der Waals surface area contributed by atoms with Gasteiger partial charge in [0.25, 0.3) is 0 Å². The fourth-order valence-corrected chi connectivity index (χ4v) is 3.07. The molecule has 1 saturated heterocycles. The maximum absolute atomic E-state index is 9.22. The van der Waals surface area contributed by atoms with Gasteiger partial charge in [-0.05, 0) is 43.4 Å². The normalized spacial score (nSPS) is 15.7. The minimum Gasteiger partial charge on any atom is -0.396 e. The zero-order valence-corrected chi connectivity index (χ0v) is 13.7. The molecule has 1 aliphatic rings. The van der Waals surface area contributed by atoms with Crippen molar-refractivity contribution in [1.29, 1.82) is 0 Å². The van der Waals surface area contributed by atoms with Gasteiger partial charge in [0.2, 0.25) is 0 Å². The van der Waals surface area contributed by atoms with Crippen LogP contribution in [-0.4, -0.2) is 29.8 Å². The third kappa shape index (κ3) is 4.23. The highest BCUT2D eigenvalue weighted by Crippen LogP contribution is 2.23. The number of aliphatic hydroxyl groups is 1. The van der Waals surface area contributed by atoms with Gasteiger partial charge in [0.05, 0.1) is 11.9 Å². The number of aliphatic hydroxyl groups excluding tert-OH is 1. The number of hydrogen-bond acceptors (Lipinski definition) is 4. The van der Waals surface area contributed by atoms with Gasteiger partial charge in [0.1, 0.15) is 5.82 Å². The smallest absolute Gasteiger partial charge is 0.126 e. The van der Waals surface area contributed by atoms with Crippen molar-refractivity contribution in [2.45, 2.75) is 26.3 Å². The molecule has 0 amide bonds. The van der Waals surface area contributed by atoms with Crippen LogP contribution in [0, 0.1) is 12.8 Å². The molecular formula is C19H25N3O. The molecule has 0 bridgehead atoms. The third-order valence-electron chi connectivity index (χ3n) is 4.54. The standard InChI is InChI=1S/C19H25N3O/c1-15-3-2-4-17(11-15)12-20-19-6-5-18(13-21-19)22-9-7-16(14-23)8-10-22/h2-6,11,13,16,23H,7-10,12,14H2,1H3,(H,20,21). The lowest BCUT2D eigenvalue weighted by Crippen LogP contribution is -2.34. The molecule has 2 heterocycles. The number of nitrogens with zero attached hydrogens (tertiary/aromatic N) is 2. The molecule has 0 radical (unpaired) electrons. The second-order valence-electron chi connectivity index (χ2n) is 6.36. The average molecular weight is 311 g/mol. The first-order valence-electron chi connectivity index (χ1n) is 8.36. The summed E-state index contributed by atoms with van der Waals surface area (Å²) in [6.07, 6.45) is 4.06. The molecule has 0 spiro atoms. The predicted octanol–water partition coefficient (Wildman–Crippen LogP) is 3.21. The quantitative estimate of drug-likeness (QED) is 0.890. The first-order valence-corrected chi connectivity index (χ1v) is 8.36. The highest BCUT2D eigenvalue weighted by atomic mass is 16.3. The monoisotopic (exact) mass is 311 g/mol. The van der Waals surface area contributed by atoms with E-state index in [1.807, 2.05) is 12.3 Å². The van der Waals surface area contributed by atoms with Gasteiger partial charge in [0, 0.05) is 26.2 Å². The number of pyridine rings is 1. The molecule has 2 N–H and O–H groups in total. The Labute approximate surface area is 138 Å². The number of aryl methyl sites for hydroxylation is 1. The molecule has 1 aromatic carbocycles. The predicted molar refractivity (Wildman–Crippen MR) is 94.8 cm³/mol. The van der Waals surface area contributed by atoms with E-state index in [-0.39, 0.29) is 0 Å². The van der Waals surface area contributed by atoms with Crippen LogP contribution < -0.4 is 10.2 Å². The van der Waals surface area contributed by atoms with Gasteiger partial charge in [-0.2, -0.15) is 0 Å². The molecule has 4 heteroatoms. The first-order chi connectivity index (χ1) is 11.2. The van der Waals surface area contributed by atoms with Crippen molar-refractivity contribution >= 4 is 11.5 Å².